The van der Waals surface area contributed by atoms with Crippen molar-refractivity contribution in [2.45, 2.75) is 89.2 Å². The number of benzene rings is 3. The van der Waals surface area contributed by atoms with Gasteiger partial charge in [-0.1, -0.05) is 38.1 Å². The summed E-state index contributed by atoms with van der Waals surface area (Å²) in [5.41, 5.74) is 3.99. The smallest absolute Gasteiger partial charge is 0.407 e. The summed E-state index contributed by atoms with van der Waals surface area (Å²) in [6, 6.07) is 12.7. The van der Waals surface area contributed by atoms with Gasteiger partial charge < -0.3 is 44.6 Å². The molecule has 60 heavy (non-hydrogen) atoms. The van der Waals surface area contributed by atoms with Crippen LogP contribution < -0.4 is 10.6 Å². The number of nitrogens with one attached hydrogen (secondary N) is 4. The number of hydrogen-bond donors (Lipinski definition) is 4. The number of H-pyrrole nitrogens is 2. The zero-order valence-electron chi connectivity index (χ0n) is 34.6. The minimum Gasteiger partial charge on any atom is -0.453 e. The lowest BCUT2D eigenvalue weighted by Gasteiger charge is -2.37. The Morgan fingerprint density at radius 2 is 1.58 bits per heavy atom. The quantitative estimate of drug-likeness (QED) is 0.112. The summed E-state index contributed by atoms with van der Waals surface area (Å²) in [6.45, 7) is 6.05. The van der Waals surface area contributed by atoms with Gasteiger partial charge in [-0.25, -0.2) is 23.9 Å². The average Bonchev–Trinajstić information content (AvgIpc) is 4.11. The van der Waals surface area contributed by atoms with Gasteiger partial charge in [0.25, 0.3) is 0 Å². The van der Waals surface area contributed by atoms with Crippen LogP contribution in [0.2, 0.25) is 0 Å². The van der Waals surface area contributed by atoms with Crippen LogP contribution in [0.3, 0.4) is 0 Å². The van der Waals surface area contributed by atoms with Crippen molar-refractivity contribution in [3.63, 3.8) is 0 Å². The first-order chi connectivity index (χ1) is 28.9. The molecule has 1 aliphatic carbocycles. The van der Waals surface area contributed by atoms with Crippen LogP contribution in [-0.2, 0) is 23.8 Å². The summed E-state index contributed by atoms with van der Waals surface area (Å²) in [5.74, 6) is 0.419. The van der Waals surface area contributed by atoms with E-state index in [9.17, 15) is 19.2 Å². The Bertz CT molecular complexity index is 2450. The van der Waals surface area contributed by atoms with Crippen molar-refractivity contribution in [2.75, 3.05) is 27.9 Å². The standard InChI is InChI=1S/C44H51FN8O7/c1-22(2)35(50-43(56)59-5)41(54)52-17-7-8-34(52)39-47-32-16-12-26-18-24(10-14-29(26)37(32)49-39)25-11-15-30(31(45)20-25)33-21-46-40(48-33)38-27-9-13-28(19-27)53(38)42(55)36(23(3)58-4)51-44(57)60-6/h10-12,14-16,18,20-23,27-28,34-36,38H,7-9,13,17,19H2,1-6H3,(H,46,48)(H,47,49)(H,50,56)(H,51,57)/t23?,27-,28?,34-,35-,36?,38?/m0/s1. The van der Waals surface area contributed by atoms with E-state index in [2.05, 4.69) is 25.6 Å². The highest BCUT2D eigenvalue weighted by atomic mass is 19.1. The van der Waals surface area contributed by atoms with Crippen molar-refractivity contribution in [2.24, 2.45) is 11.8 Å². The van der Waals surface area contributed by atoms with E-state index in [1.165, 1.54) is 27.4 Å². The van der Waals surface area contributed by atoms with Crippen molar-refractivity contribution in [3.05, 3.63) is 72.2 Å². The number of methoxy groups -OCH3 is 3. The van der Waals surface area contributed by atoms with Crippen LogP contribution in [0, 0.1) is 17.7 Å². The van der Waals surface area contributed by atoms with Crippen LogP contribution in [0.5, 0.6) is 0 Å². The summed E-state index contributed by atoms with van der Waals surface area (Å²) >= 11 is 0. The summed E-state index contributed by atoms with van der Waals surface area (Å²) in [5, 5.41) is 7.18. The first-order valence-electron chi connectivity index (χ1n) is 20.5. The molecule has 16 heteroatoms. The molecule has 8 rings (SSSR count). The van der Waals surface area contributed by atoms with Crippen LogP contribution in [0.25, 0.3) is 44.2 Å². The van der Waals surface area contributed by atoms with E-state index < -0.39 is 36.2 Å². The van der Waals surface area contributed by atoms with E-state index in [0.717, 1.165) is 59.5 Å². The van der Waals surface area contributed by atoms with E-state index in [1.54, 1.807) is 24.1 Å². The maximum atomic E-state index is 16.0. The van der Waals surface area contributed by atoms with Crippen LogP contribution >= 0.6 is 0 Å². The highest BCUT2D eigenvalue weighted by Crippen LogP contribution is 2.50. The molecule has 3 fully saturated rings. The molecule has 4 N–H and O–H groups in total. The third kappa shape index (κ3) is 7.41. The molecule has 316 valence electrons. The second kappa shape index (κ2) is 16.6. The molecule has 4 heterocycles. The highest BCUT2D eigenvalue weighted by Gasteiger charge is 2.52. The van der Waals surface area contributed by atoms with Crippen molar-refractivity contribution >= 4 is 45.8 Å². The molecule has 2 aliphatic heterocycles. The number of likely N-dealkylation sites (tertiary alicyclic amines) is 2. The molecule has 0 radical (unpaired) electrons. The molecule has 5 aromatic rings. The van der Waals surface area contributed by atoms with Gasteiger partial charge in [0.15, 0.2) is 0 Å². The van der Waals surface area contributed by atoms with E-state index in [4.69, 9.17) is 19.2 Å². The van der Waals surface area contributed by atoms with Crippen molar-refractivity contribution < 1.29 is 37.8 Å². The lowest BCUT2D eigenvalue weighted by atomic mass is 9.96. The summed E-state index contributed by atoms with van der Waals surface area (Å²) in [6.07, 6.45) is 3.78. The molecule has 3 aliphatic rings. The van der Waals surface area contributed by atoms with Gasteiger partial charge in [0.05, 0.1) is 55.3 Å². The molecule has 15 nitrogen and oxygen atoms in total. The van der Waals surface area contributed by atoms with E-state index in [0.29, 0.717) is 35.0 Å². The predicted molar refractivity (Wildman–Crippen MR) is 221 cm³/mol. The largest absolute Gasteiger partial charge is 0.453 e. The third-order valence-electron chi connectivity index (χ3n) is 12.6. The van der Waals surface area contributed by atoms with Gasteiger partial charge >= 0.3 is 12.2 Å². The SMILES string of the molecule is COC(=O)NC(C(=O)N1C2CC[C@@H](C2)C1c1ncc(-c2ccc(-c3ccc4c(ccc5[nH]c([C@@H]6CCCN6C(=O)[C@@H](NC(=O)OC)C(C)C)nc54)c3)cc2F)[nH]1)C(C)OC. The first-order valence-corrected chi connectivity index (χ1v) is 20.5. The average molecular weight is 823 g/mol. The third-order valence-corrected chi connectivity index (χ3v) is 12.6. The van der Waals surface area contributed by atoms with Crippen molar-refractivity contribution in [1.82, 2.24) is 40.4 Å². The Morgan fingerprint density at radius 3 is 2.30 bits per heavy atom. The molecule has 1 saturated carbocycles. The fourth-order valence-corrected chi connectivity index (χ4v) is 9.41. The van der Waals surface area contributed by atoms with Gasteiger partial charge in [0.2, 0.25) is 11.8 Å². The number of piperidine rings is 1. The molecular formula is C44H51FN8O7. The van der Waals surface area contributed by atoms with Gasteiger partial charge in [-0.3, -0.25) is 9.59 Å². The minimum absolute atomic E-state index is 0.00891. The highest BCUT2D eigenvalue weighted by molar-refractivity contribution is 6.05. The Kier molecular flexibility index (Phi) is 11.2. The number of hydrogen-bond acceptors (Lipinski definition) is 9. The molecule has 3 aromatic carbocycles. The number of imidazole rings is 2. The number of halogens is 1. The maximum Gasteiger partial charge on any atom is 0.407 e. The van der Waals surface area contributed by atoms with E-state index >= 15 is 4.39 Å². The minimum atomic E-state index is -0.955. The molecule has 0 spiro atoms. The number of alkyl carbamates (subject to hydrolysis) is 2. The molecule has 7 atom stereocenters. The summed E-state index contributed by atoms with van der Waals surface area (Å²) in [4.78, 5) is 72.0. The van der Waals surface area contributed by atoms with E-state index in [1.807, 2.05) is 55.1 Å². The number of ether oxygens (including phenoxy) is 3. The maximum absolute atomic E-state index is 16.0. The molecule has 4 unspecified atom stereocenters. The van der Waals surface area contributed by atoms with Crippen LogP contribution in [0.15, 0.2) is 54.7 Å². The van der Waals surface area contributed by atoms with Gasteiger partial charge in [-0.2, -0.15) is 0 Å². The molecular weight excluding hydrogens is 772 g/mol. The first kappa shape index (κ1) is 40.7. The topological polar surface area (TPSA) is 184 Å². The summed E-state index contributed by atoms with van der Waals surface area (Å²) in [7, 11) is 4.01. The molecule has 2 aromatic heterocycles. The van der Waals surface area contributed by atoms with Gasteiger partial charge in [-0.05, 0) is 91.6 Å². The van der Waals surface area contributed by atoms with Crippen molar-refractivity contribution in [1.29, 1.82) is 0 Å². The zero-order valence-corrected chi connectivity index (χ0v) is 34.6. The van der Waals surface area contributed by atoms with Crippen LogP contribution in [0.4, 0.5) is 14.0 Å². The summed E-state index contributed by atoms with van der Waals surface area (Å²) < 4.78 is 31.1. The molecule has 2 saturated heterocycles. The van der Waals surface area contributed by atoms with Crippen molar-refractivity contribution in [3.8, 4) is 22.4 Å². The van der Waals surface area contributed by atoms with Gasteiger partial charge in [-0.15, -0.1) is 0 Å². The number of nitrogens with zero attached hydrogens (tertiary/aromatic N) is 4. The predicted octanol–water partition coefficient (Wildman–Crippen LogP) is 6.77. The zero-order chi connectivity index (χ0) is 42.4. The van der Waals surface area contributed by atoms with Crippen LogP contribution in [0.1, 0.15) is 76.6 Å². The molecule has 4 amide bonds. The number of aromatic amines is 2. The fourth-order valence-electron chi connectivity index (χ4n) is 9.41. The normalized spacial score (nSPS) is 21.4. The lowest BCUT2D eigenvalue weighted by molar-refractivity contribution is -0.141. The number of carbonyl (C=O) groups excluding carboxylic acids is 4. The second-order valence-corrected chi connectivity index (χ2v) is 16.4. The van der Waals surface area contributed by atoms with Gasteiger partial charge in [0.1, 0.15) is 29.5 Å². The Labute approximate surface area is 346 Å². The van der Waals surface area contributed by atoms with Crippen LogP contribution in [-0.4, -0.2) is 106 Å². The fraction of sp³-hybridized carbons (Fsp3) is 0.455. The number of fused-ring (bicyclic) bond motifs is 5. The number of amides is 4. The lowest BCUT2D eigenvalue weighted by Crippen LogP contribution is -2.56. The number of carbonyl (C=O) groups is 4. The Hall–Kier alpha value is -6.03. The monoisotopic (exact) mass is 822 g/mol. The number of aromatic nitrogens is 4. The Balaban J connectivity index is 1.02. The molecule has 2 bridgehead atoms. The number of rotatable bonds is 11. The Morgan fingerprint density at radius 1 is 0.850 bits per heavy atom. The van der Waals surface area contributed by atoms with Gasteiger partial charge in [0, 0.05) is 30.6 Å². The van der Waals surface area contributed by atoms with E-state index in [-0.39, 0.29) is 41.8 Å². The second-order valence-electron chi connectivity index (χ2n) is 16.4.